The van der Waals surface area contributed by atoms with E-state index in [-0.39, 0.29) is 5.75 Å². The van der Waals surface area contributed by atoms with Crippen LogP contribution in [0.15, 0.2) is 30.5 Å². The average Bonchev–Trinajstić information content (AvgIpc) is 2.04. The maximum atomic E-state index is 12.6. The number of aromatic hydroxyl groups is 1. The maximum Gasteiger partial charge on any atom is 0.142 e. The van der Waals surface area contributed by atoms with E-state index < -0.39 is 5.82 Å². The highest BCUT2D eigenvalue weighted by atomic mass is 19.1. The first-order valence-corrected chi connectivity index (χ1v) is 3.50. The Morgan fingerprint density at radius 1 is 1.33 bits per heavy atom. The van der Waals surface area contributed by atoms with Crippen molar-refractivity contribution in [2.45, 2.75) is 0 Å². The summed E-state index contributed by atoms with van der Waals surface area (Å²) in [6, 6.07) is 6.21. The summed E-state index contributed by atoms with van der Waals surface area (Å²) in [6.07, 6.45) is 1.09. The summed E-state index contributed by atoms with van der Waals surface area (Å²) in [6.45, 7) is 0. The topological polar surface area (TPSA) is 33.1 Å². The Kier molecular flexibility index (Phi) is 1.43. The van der Waals surface area contributed by atoms with Gasteiger partial charge in [-0.3, -0.25) is 0 Å². The van der Waals surface area contributed by atoms with Gasteiger partial charge in [-0.15, -0.1) is 0 Å². The van der Waals surface area contributed by atoms with Gasteiger partial charge >= 0.3 is 0 Å². The van der Waals surface area contributed by atoms with Gasteiger partial charge < -0.3 is 5.11 Å². The Balaban J connectivity index is 2.86. The first-order valence-electron chi connectivity index (χ1n) is 3.50. The summed E-state index contributed by atoms with van der Waals surface area (Å²) in [5, 5.41) is 9.88. The molecule has 1 heterocycles. The van der Waals surface area contributed by atoms with Gasteiger partial charge in [-0.25, -0.2) is 9.37 Å². The Hall–Kier alpha value is -1.64. The Morgan fingerprint density at radius 2 is 2.17 bits per heavy atom. The zero-order chi connectivity index (χ0) is 8.55. The lowest BCUT2D eigenvalue weighted by molar-refractivity contribution is 0.480. The largest absolute Gasteiger partial charge is 0.506 e. The van der Waals surface area contributed by atoms with Gasteiger partial charge in [0.1, 0.15) is 17.1 Å². The summed E-state index contributed by atoms with van der Waals surface area (Å²) in [5.41, 5.74) is 0.430. The predicted octanol–water partition coefficient (Wildman–Crippen LogP) is 2.08. The van der Waals surface area contributed by atoms with Crippen LogP contribution in [0.25, 0.3) is 10.9 Å². The minimum Gasteiger partial charge on any atom is -0.506 e. The number of rotatable bonds is 0. The molecule has 2 aromatic rings. The van der Waals surface area contributed by atoms with Gasteiger partial charge in [0.2, 0.25) is 0 Å². The van der Waals surface area contributed by atoms with Crippen LogP contribution in [0.5, 0.6) is 5.75 Å². The molecule has 60 valence electrons. The molecular formula is C9H6FNO. The van der Waals surface area contributed by atoms with Crippen LogP contribution in [0.4, 0.5) is 4.39 Å². The third-order valence-electron chi connectivity index (χ3n) is 1.66. The normalized spacial score (nSPS) is 10.4. The van der Waals surface area contributed by atoms with Crippen molar-refractivity contribution in [1.29, 1.82) is 0 Å². The molecule has 2 nitrogen and oxygen atoms in total. The number of nitrogens with zero attached hydrogens (tertiary/aromatic N) is 1. The minimum atomic E-state index is -0.395. The van der Waals surface area contributed by atoms with E-state index in [1.165, 1.54) is 12.1 Å². The number of phenols is 1. The van der Waals surface area contributed by atoms with E-state index in [1.807, 2.05) is 0 Å². The lowest BCUT2D eigenvalue weighted by Gasteiger charge is -1.98. The molecule has 0 aliphatic rings. The molecule has 0 spiro atoms. The molecule has 3 heteroatoms. The number of hydrogen-bond donors (Lipinski definition) is 1. The van der Waals surface area contributed by atoms with E-state index >= 15 is 0 Å². The zero-order valence-electron chi connectivity index (χ0n) is 6.16. The van der Waals surface area contributed by atoms with Crippen molar-refractivity contribution in [1.82, 2.24) is 4.98 Å². The monoisotopic (exact) mass is 163 g/mol. The van der Waals surface area contributed by atoms with Crippen molar-refractivity contribution in [3.63, 3.8) is 0 Å². The van der Waals surface area contributed by atoms with Crippen molar-refractivity contribution >= 4 is 10.9 Å². The minimum absolute atomic E-state index is 0.0764. The smallest absolute Gasteiger partial charge is 0.142 e. The molecule has 0 atom stereocenters. The molecule has 0 radical (unpaired) electrons. The first kappa shape index (κ1) is 7.03. The van der Waals surface area contributed by atoms with Crippen LogP contribution >= 0.6 is 0 Å². The number of pyridine rings is 1. The summed E-state index contributed by atoms with van der Waals surface area (Å²) in [4.78, 5) is 3.76. The molecule has 0 aliphatic carbocycles. The van der Waals surface area contributed by atoms with Gasteiger partial charge in [-0.1, -0.05) is 12.1 Å². The van der Waals surface area contributed by atoms with Gasteiger partial charge in [0.25, 0.3) is 0 Å². The summed E-state index contributed by atoms with van der Waals surface area (Å²) in [5.74, 6) is -0.319. The Morgan fingerprint density at radius 3 is 3.00 bits per heavy atom. The molecule has 0 bridgehead atoms. The second kappa shape index (κ2) is 2.44. The molecule has 12 heavy (non-hydrogen) atoms. The molecule has 1 aromatic carbocycles. The predicted molar refractivity (Wildman–Crippen MR) is 43.4 cm³/mol. The van der Waals surface area contributed by atoms with Crippen molar-refractivity contribution in [2.75, 3.05) is 0 Å². The summed E-state index contributed by atoms with van der Waals surface area (Å²) >= 11 is 0. The van der Waals surface area contributed by atoms with E-state index in [0.29, 0.717) is 10.9 Å². The van der Waals surface area contributed by atoms with Gasteiger partial charge in [0.05, 0.1) is 6.20 Å². The first-order chi connectivity index (χ1) is 5.77. The Bertz CT molecular complexity index is 428. The SMILES string of the molecule is Oc1cccc2cc(F)cnc12. The molecular weight excluding hydrogens is 157 g/mol. The molecule has 0 saturated heterocycles. The fourth-order valence-electron chi connectivity index (χ4n) is 1.12. The third kappa shape index (κ3) is 0.993. The fourth-order valence-corrected chi connectivity index (χ4v) is 1.12. The molecule has 1 N–H and O–H groups in total. The number of phenolic OH excluding ortho intramolecular Hbond substituents is 1. The molecule has 0 aliphatic heterocycles. The maximum absolute atomic E-state index is 12.6. The average molecular weight is 163 g/mol. The number of fused-ring (bicyclic) bond motifs is 1. The van der Waals surface area contributed by atoms with E-state index in [0.717, 1.165) is 6.20 Å². The molecule has 1 aromatic heterocycles. The highest BCUT2D eigenvalue weighted by Crippen LogP contribution is 2.21. The van der Waals surface area contributed by atoms with Gasteiger partial charge in [-0.05, 0) is 12.1 Å². The zero-order valence-corrected chi connectivity index (χ0v) is 6.16. The lowest BCUT2D eigenvalue weighted by atomic mass is 10.2. The van der Waals surface area contributed by atoms with E-state index in [9.17, 15) is 9.50 Å². The van der Waals surface area contributed by atoms with E-state index in [1.54, 1.807) is 12.1 Å². The number of halogens is 1. The molecule has 0 unspecified atom stereocenters. The van der Waals surface area contributed by atoms with Crippen molar-refractivity contribution in [2.24, 2.45) is 0 Å². The fraction of sp³-hybridized carbons (Fsp3) is 0. The van der Waals surface area contributed by atoms with Crippen LogP contribution in [-0.2, 0) is 0 Å². The molecule has 0 fully saturated rings. The second-order valence-electron chi connectivity index (χ2n) is 2.50. The van der Waals surface area contributed by atoms with Crippen molar-refractivity contribution in [3.05, 3.63) is 36.3 Å². The molecule has 0 amide bonds. The van der Waals surface area contributed by atoms with Crippen LogP contribution in [-0.4, -0.2) is 10.1 Å². The number of aromatic nitrogens is 1. The third-order valence-corrected chi connectivity index (χ3v) is 1.66. The number of benzene rings is 1. The quantitative estimate of drug-likeness (QED) is 0.645. The molecule has 2 rings (SSSR count). The van der Waals surface area contributed by atoms with Crippen LogP contribution in [0.3, 0.4) is 0 Å². The van der Waals surface area contributed by atoms with Crippen LogP contribution in [0.2, 0.25) is 0 Å². The Labute approximate surface area is 68.3 Å². The van der Waals surface area contributed by atoms with Gasteiger partial charge in [0, 0.05) is 5.39 Å². The highest BCUT2D eigenvalue weighted by molar-refractivity contribution is 5.83. The summed E-state index contributed by atoms with van der Waals surface area (Å²) in [7, 11) is 0. The number of hydrogen-bond acceptors (Lipinski definition) is 2. The van der Waals surface area contributed by atoms with Gasteiger partial charge in [0.15, 0.2) is 0 Å². The summed E-state index contributed by atoms with van der Waals surface area (Å²) < 4.78 is 12.6. The van der Waals surface area contributed by atoms with E-state index in [2.05, 4.69) is 4.98 Å². The van der Waals surface area contributed by atoms with Crippen molar-refractivity contribution < 1.29 is 9.50 Å². The van der Waals surface area contributed by atoms with Crippen LogP contribution in [0, 0.1) is 5.82 Å². The number of para-hydroxylation sites is 1. The van der Waals surface area contributed by atoms with Crippen LogP contribution in [0.1, 0.15) is 0 Å². The lowest BCUT2D eigenvalue weighted by Crippen LogP contribution is -1.81. The van der Waals surface area contributed by atoms with Gasteiger partial charge in [-0.2, -0.15) is 0 Å². The molecule has 0 saturated carbocycles. The van der Waals surface area contributed by atoms with Crippen LogP contribution < -0.4 is 0 Å². The van der Waals surface area contributed by atoms with E-state index in [4.69, 9.17) is 0 Å². The second-order valence-corrected chi connectivity index (χ2v) is 2.50. The highest BCUT2D eigenvalue weighted by Gasteiger charge is 2.00. The standard InChI is InChI=1S/C9H6FNO/c10-7-4-6-2-1-3-8(12)9(6)11-5-7/h1-5,12H. The van der Waals surface area contributed by atoms with Crippen molar-refractivity contribution in [3.8, 4) is 5.75 Å².